The normalized spacial score (nSPS) is 17.9. The number of nitrogens with two attached hydrogens (primary N) is 1. The van der Waals surface area contributed by atoms with Crippen molar-refractivity contribution < 1.29 is 4.39 Å². The SMILES string of the molecule is CC(C)c1cc(Cl)c(F)c(C2(CN)CC2)c1. The second-order valence-electron chi connectivity index (χ2n) is 5.00. The van der Waals surface area contributed by atoms with Gasteiger partial charge in [-0.15, -0.1) is 0 Å². The molecule has 2 N–H and O–H groups in total. The first-order valence-electron chi connectivity index (χ1n) is 5.69. The molecule has 1 fully saturated rings. The molecule has 0 saturated heterocycles. The maximum atomic E-state index is 14.0. The molecule has 88 valence electrons. The number of hydrogen-bond acceptors (Lipinski definition) is 1. The molecule has 0 bridgehead atoms. The van der Waals surface area contributed by atoms with E-state index in [1.807, 2.05) is 6.07 Å². The van der Waals surface area contributed by atoms with Crippen molar-refractivity contribution in [2.24, 2.45) is 5.73 Å². The highest BCUT2D eigenvalue weighted by Crippen LogP contribution is 2.49. The van der Waals surface area contributed by atoms with Gasteiger partial charge in [-0.3, -0.25) is 0 Å². The third kappa shape index (κ3) is 1.85. The van der Waals surface area contributed by atoms with Crippen LogP contribution in [0.4, 0.5) is 4.39 Å². The summed E-state index contributed by atoms with van der Waals surface area (Å²) in [6.07, 6.45) is 1.94. The third-order valence-corrected chi connectivity index (χ3v) is 3.81. The van der Waals surface area contributed by atoms with Gasteiger partial charge in [0.05, 0.1) is 5.02 Å². The predicted molar refractivity (Wildman–Crippen MR) is 65.5 cm³/mol. The predicted octanol–water partition coefficient (Wildman–Crippen LogP) is 3.59. The van der Waals surface area contributed by atoms with Crippen LogP contribution in [0.25, 0.3) is 0 Å². The minimum atomic E-state index is -0.283. The summed E-state index contributed by atoms with van der Waals surface area (Å²) in [5.41, 5.74) is 7.39. The number of rotatable bonds is 3. The fraction of sp³-hybridized carbons (Fsp3) is 0.538. The summed E-state index contributed by atoms with van der Waals surface area (Å²) in [7, 11) is 0. The Morgan fingerprint density at radius 1 is 1.44 bits per heavy atom. The minimum absolute atomic E-state index is 0.140. The maximum absolute atomic E-state index is 14.0. The molecule has 1 aromatic rings. The lowest BCUT2D eigenvalue weighted by Gasteiger charge is -2.17. The van der Waals surface area contributed by atoms with E-state index in [0.29, 0.717) is 18.0 Å². The monoisotopic (exact) mass is 241 g/mol. The summed E-state index contributed by atoms with van der Waals surface area (Å²) in [6, 6.07) is 3.66. The zero-order valence-corrected chi connectivity index (χ0v) is 10.4. The zero-order chi connectivity index (χ0) is 11.9. The summed E-state index contributed by atoms with van der Waals surface area (Å²) in [4.78, 5) is 0. The van der Waals surface area contributed by atoms with E-state index >= 15 is 0 Å². The Morgan fingerprint density at radius 3 is 2.50 bits per heavy atom. The topological polar surface area (TPSA) is 26.0 Å². The molecule has 1 nitrogen and oxygen atoms in total. The van der Waals surface area contributed by atoms with Crippen LogP contribution in [0.3, 0.4) is 0 Å². The summed E-state index contributed by atoms with van der Waals surface area (Å²) >= 11 is 5.94. The molecule has 0 heterocycles. The fourth-order valence-electron chi connectivity index (χ4n) is 2.06. The highest BCUT2D eigenvalue weighted by molar-refractivity contribution is 6.30. The van der Waals surface area contributed by atoms with Crippen molar-refractivity contribution in [3.63, 3.8) is 0 Å². The Bertz CT molecular complexity index is 411. The maximum Gasteiger partial charge on any atom is 0.145 e. The first-order valence-corrected chi connectivity index (χ1v) is 6.07. The summed E-state index contributed by atoms with van der Waals surface area (Å²) in [5.74, 6) is 0.0689. The van der Waals surface area contributed by atoms with Crippen LogP contribution in [-0.2, 0) is 5.41 Å². The van der Waals surface area contributed by atoms with Crippen LogP contribution in [0.1, 0.15) is 43.7 Å². The van der Waals surface area contributed by atoms with E-state index in [2.05, 4.69) is 13.8 Å². The Balaban J connectivity index is 2.52. The lowest BCUT2D eigenvalue weighted by Crippen LogP contribution is -2.21. The zero-order valence-electron chi connectivity index (χ0n) is 9.69. The molecular weight excluding hydrogens is 225 g/mol. The van der Waals surface area contributed by atoms with Crippen molar-refractivity contribution in [2.45, 2.75) is 38.0 Å². The highest BCUT2D eigenvalue weighted by Gasteiger charge is 2.45. The highest BCUT2D eigenvalue weighted by atomic mass is 35.5. The molecule has 0 aromatic heterocycles. The van der Waals surface area contributed by atoms with Crippen LogP contribution in [-0.4, -0.2) is 6.54 Å². The number of hydrogen-bond donors (Lipinski definition) is 1. The second kappa shape index (κ2) is 4.01. The van der Waals surface area contributed by atoms with Gasteiger partial charge in [0.2, 0.25) is 0 Å². The number of benzene rings is 1. The van der Waals surface area contributed by atoms with Crippen LogP contribution >= 0.6 is 11.6 Å². The van der Waals surface area contributed by atoms with E-state index in [4.69, 9.17) is 17.3 Å². The Hall–Kier alpha value is -0.600. The van der Waals surface area contributed by atoms with Crippen molar-refractivity contribution in [1.29, 1.82) is 0 Å². The first-order chi connectivity index (χ1) is 7.50. The summed E-state index contributed by atoms with van der Waals surface area (Å²) in [6.45, 7) is 4.66. The molecule has 1 aromatic carbocycles. The molecule has 1 aliphatic rings. The van der Waals surface area contributed by atoms with Crippen LogP contribution in [0.15, 0.2) is 12.1 Å². The van der Waals surface area contributed by atoms with Crippen LogP contribution in [0.2, 0.25) is 5.02 Å². The van der Waals surface area contributed by atoms with Gasteiger partial charge in [-0.1, -0.05) is 31.5 Å². The van der Waals surface area contributed by atoms with Gasteiger partial charge in [0.15, 0.2) is 0 Å². The van der Waals surface area contributed by atoms with Crippen LogP contribution in [0.5, 0.6) is 0 Å². The van der Waals surface area contributed by atoms with E-state index in [1.54, 1.807) is 6.07 Å². The van der Waals surface area contributed by atoms with Gasteiger partial charge in [-0.2, -0.15) is 0 Å². The van der Waals surface area contributed by atoms with Crippen LogP contribution < -0.4 is 5.73 Å². The second-order valence-corrected chi connectivity index (χ2v) is 5.41. The van der Waals surface area contributed by atoms with Gasteiger partial charge in [-0.05, 0) is 36.0 Å². The average Bonchev–Trinajstić information content (AvgIpc) is 3.02. The Kier molecular flexibility index (Phi) is 2.97. The smallest absolute Gasteiger partial charge is 0.145 e. The van der Waals surface area contributed by atoms with E-state index in [1.165, 1.54) is 0 Å². The summed E-state index contributed by atoms with van der Waals surface area (Å²) < 4.78 is 14.0. The summed E-state index contributed by atoms with van der Waals surface area (Å²) in [5, 5.41) is 0.223. The molecule has 0 atom stereocenters. The molecule has 0 amide bonds. The lowest BCUT2D eigenvalue weighted by atomic mass is 9.91. The van der Waals surface area contributed by atoms with Gasteiger partial charge in [-0.25, -0.2) is 4.39 Å². The molecule has 3 heteroatoms. The third-order valence-electron chi connectivity index (χ3n) is 3.53. The van der Waals surface area contributed by atoms with Gasteiger partial charge in [0, 0.05) is 12.0 Å². The molecule has 1 aliphatic carbocycles. The number of halogens is 2. The van der Waals surface area contributed by atoms with Crippen molar-refractivity contribution >= 4 is 11.6 Å². The molecular formula is C13H17ClFN. The Morgan fingerprint density at radius 2 is 2.06 bits per heavy atom. The largest absolute Gasteiger partial charge is 0.330 e. The van der Waals surface area contributed by atoms with Gasteiger partial charge >= 0.3 is 0 Å². The van der Waals surface area contributed by atoms with Gasteiger partial charge in [0.25, 0.3) is 0 Å². The van der Waals surface area contributed by atoms with E-state index in [9.17, 15) is 4.39 Å². The van der Waals surface area contributed by atoms with Gasteiger partial charge < -0.3 is 5.73 Å². The molecule has 1 saturated carbocycles. The molecule has 0 spiro atoms. The molecule has 2 rings (SSSR count). The minimum Gasteiger partial charge on any atom is -0.330 e. The van der Waals surface area contributed by atoms with E-state index in [-0.39, 0.29) is 16.3 Å². The molecule has 0 aliphatic heterocycles. The van der Waals surface area contributed by atoms with Crippen molar-refractivity contribution in [3.8, 4) is 0 Å². The van der Waals surface area contributed by atoms with Gasteiger partial charge in [0.1, 0.15) is 5.82 Å². The van der Waals surface area contributed by atoms with Crippen molar-refractivity contribution in [2.75, 3.05) is 6.54 Å². The molecule has 0 radical (unpaired) electrons. The average molecular weight is 242 g/mol. The molecule has 16 heavy (non-hydrogen) atoms. The Labute approximate surface area is 101 Å². The van der Waals surface area contributed by atoms with Crippen molar-refractivity contribution in [1.82, 2.24) is 0 Å². The van der Waals surface area contributed by atoms with Crippen molar-refractivity contribution in [3.05, 3.63) is 34.1 Å². The quantitative estimate of drug-likeness (QED) is 0.860. The van der Waals surface area contributed by atoms with E-state index < -0.39 is 0 Å². The standard InChI is InChI=1S/C13H17ClFN/c1-8(2)9-5-10(12(15)11(14)6-9)13(7-16)3-4-13/h5-6,8H,3-4,7,16H2,1-2H3. The van der Waals surface area contributed by atoms with E-state index in [0.717, 1.165) is 18.4 Å². The fourth-order valence-corrected chi connectivity index (χ4v) is 2.29. The first kappa shape index (κ1) is 11.9. The van der Waals surface area contributed by atoms with Crippen LogP contribution in [0, 0.1) is 5.82 Å². The molecule has 0 unspecified atom stereocenters. The lowest BCUT2D eigenvalue weighted by molar-refractivity contribution is 0.571.